The van der Waals surface area contributed by atoms with Crippen molar-refractivity contribution in [2.45, 2.75) is 95.5 Å². The van der Waals surface area contributed by atoms with Crippen LogP contribution in [0.15, 0.2) is 45.8 Å². The molecule has 2 aromatic rings. The lowest BCUT2D eigenvalue weighted by molar-refractivity contribution is -0.394. The molecule has 0 bridgehead atoms. The van der Waals surface area contributed by atoms with E-state index in [1.807, 2.05) is 0 Å². The maximum atomic E-state index is 13.1. The van der Waals surface area contributed by atoms with Gasteiger partial charge in [-0.2, -0.15) is 0 Å². The summed E-state index contributed by atoms with van der Waals surface area (Å²) in [6, 6.07) is 6.03. The lowest BCUT2D eigenvalue weighted by Crippen LogP contribution is -2.58. The highest BCUT2D eigenvalue weighted by atomic mass is 16.7. The maximum absolute atomic E-state index is 13.1. The smallest absolute Gasteiger partial charge is 0.338 e. The van der Waals surface area contributed by atoms with Crippen molar-refractivity contribution in [1.82, 2.24) is 0 Å². The van der Waals surface area contributed by atoms with Crippen molar-refractivity contribution in [3.63, 3.8) is 0 Å². The van der Waals surface area contributed by atoms with Gasteiger partial charge in [0, 0.05) is 36.5 Å². The Morgan fingerprint density at radius 2 is 1.65 bits per heavy atom. The molecule has 1 spiro atoms. The summed E-state index contributed by atoms with van der Waals surface area (Å²) in [6.07, 6.45) is 6.00. The van der Waals surface area contributed by atoms with Gasteiger partial charge < -0.3 is 18.6 Å². The molecule has 13 heteroatoms. The van der Waals surface area contributed by atoms with E-state index < -0.39 is 50.6 Å². The van der Waals surface area contributed by atoms with Crippen LogP contribution >= 0.6 is 0 Å². The Morgan fingerprint density at radius 3 is 2.28 bits per heavy atom. The molecule has 1 aromatic heterocycles. The van der Waals surface area contributed by atoms with Gasteiger partial charge in [0.1, 0.15) is 23.9 Å². The lowest BCUT2D eigenvalue weighted by atomic mass is 9.44. The molecule has 1 saturated heterocycles. The first kappa shape index (κ1) is 30.5. The number of epoxide rings is 1. The summed E-state index contributed by atoms with van der Waals surface area (Å²) in [5.74, 6) is -0.513. The molecule has 2 heterocycles. The van der Waals surface area contributed by atoms with Crippen molar-refractivity contribution >= 4 is 23.3 Å². The van der Waals surface area contributed by atoms with Gasteiger partial charge in [0.2, 0.25) is 0 Å². The third kappa shape index (κ3) is 4.41. The summed E-state index contributed by atoms with van der Waals surface area (Å²) in [7, 11) is 0. The van der Waals surface area contributed by atoms with Crippen LogP contribution in [0.3, 0.4) is 0 Å². The number of hydrogen-bond acceptors (Lipinski definition) is 11. The lowest BCUT2D eigenvalue weighted by Gasteiger charge is -2.61. The summed E-state index contributed by atoms with van der Waals surface area (Å²) in [6.45, 7) is 5.96. The number of carbonyl (C=O) groups is 2. The van der Waals surface area contributed by atoms with Gasteiger partial charge in [-0.25, -0.2) is 9.59 Å². The van der Waals surface area contributed by atoms with Crippen molar-refractivity contribution in [2.24, 2.45) is 28.6 Å². The molecule has 244 valence electrons. The standard InChI is InChI=1S/C33H36N2O11/c1-17(36)44-28-27(18-4-7-26(37)43-16-18)32(3)11-9-24-25(33(32)29(28)46-33)6-5-20-14-23(8-10-31(20,24)2)45-30(38)19-12-21(34(39)40)15-22(13-19)35(41)42/h4,7,12-13,15-16,20,23-25,27-29H,5-6,8-11,14H2,1-3H3/t20-,23+,24+,25?,27+,28-,29-,31+,32-,33?/m1/s1. The van der Waals surface area contributed by atoms with Gasteiger partial charge in [0.15, 0.2) is 0 Å². The molecular formula is C33H36N2O11. The number of nitro benzene ring substituents is 2. The van der Waals surface area contributed by atoms with E-state index in [1.165, 1.54) is 19.3 Å². The number of non-ortho nitro benzene ring substituents is 2. The third-order valence-electron chi connectivity index (χ3n) is 12.3. The monoisotopic (exact) mass is 636 g/mol. The van der Waals surface area contributed by atoms with Gasteiger partial charge in [0.25, 0.3) is 11.4 Å². The molecule has 4 aliphatic carbocycles. The minimum atomic E-state index is -0.805. The Hall–Kier alpha value is -4.13. The Bertz CT molecular complexity index is 1650. The van der Waals surface area contributed by atoms with Crippen LogP contribution in [0.2, 0.25) is 0 Å². The summed E-state index contributed by atoms with van der Waals surface area (Å²) < 4.78 is 23.7. The Balaban J connectivity index is 1.11. The molecule has 1 aromatic carbocycles. The van der Waals surface area contributed by atoms with E-state index in [0.717, 1.165) is 55.9 Å². The molecule has 0 radical (unpaired) electrons. The average molecular weight is 637 g/mol. The zero-order chi connectivity index (χ0) is 32.8. The zero-order valence-electron chi connectivity index (χ0n) is 25.8. The minimum Gasteiger partial charge on any atom is -0.459 e. The van der Waals surface area contributed by atoms with Crippen LogP contribution in [0.25, 0.3) is 0 Å². The van der Waals surface area contributed by atoms with Crippen LogP contribution in [0.1, 0.15) is 87.6 Å². The molecule has 4 saturated carbocycles. The third-order valence-corrected chi connectivity index (χ3v) is 12.3. The number of benzene rings is 1. The van der Waals surface area contributed by atoms with E-state index in [1.54, 1.807) is 6.07 Å². The van der Waals surface area contributed by atoms with E-state index in [4.69, 9.17) is 18.6 Å². The second kappa shape index (κ2) is 10.4. The van der Waals surface area contributed by atoms with Crippen LogP contribution in [-0.4, -0.2) is 45.7 Å². The van der Waals surface area contributed by atoms with Crippen LogP contribution < -0.4 is 5.63 Å². The first-order chi connectivity index (χ1) is 21.8. The van der Waals surface area contributed by atoms with E-state index >= 15 is 0 Å². The van der Waals surface area contributed by atoms with E-state index in [2.05, 4.69) is 13.8 Å². The number of carbonyl (C=O) groups excluding carboxylic acids is 2. The van der Waals surface area contributed by atoms with Gasteiger partial charge >= 0.3 is 17.6 Å². The summed E-state index contributed by atoms with van der Waals surface area (Å²) >= 11 is 0. The fraction of sp³-hybridized carbons (Fsp3) is 0.606. The number of nitrogens with zero attached hydrogens (tertiary/aromatic N) is 2. The molecular weight excluding hydrogens is 600 g/mol. The van der Waals surface area contributed by atoms with Crippen molar-refractivity contribution in [3.05, 3.63) is 78.4 Å². The van der Waals surface area contributed by atoms with Crippen LogP contribution in [0.4, 0.5) is 11.4 Å². The quantitative estimate of drug-likeness (QED) is 0.169. The molecule has 0 amide bonds. The minimum absolute atomic E-state index is 0.0444. The number of fused-ring (bicyclic) bond motifs is 3. The van der Waals surface area contributed by atoms with E-state index in [-0.39, 0.29) is 46.2 Å². The predicted octanol–water partition coefficient (Wildman–Crippen LogP) is 5.48. The normalized spacial score (nSPS) is 38.7. The largest absolute Gasteiger partial charge is 0.459 e. The highest BCUT2D eigenvalue weighted by molar-refractivity contribution is 5.91. The Labute approximate surface area is 263 Å². The number of esters is 2. The summed E-state index contributed by atoms with van der Waals surface area (Å²) in [5.41, 5.74) is -1.74. The van der Waals surface area contributed by atoms with Crippen molar-refractivity contribution in [3.8, 4) is 0 Å². The summed E-state index contributed by atoms with van der Waals surface area (Å²) in [4.78, 5) is 58.2. The highest BCUT2D eigenvalue weighted by Crippen LogP contribution is 2.78. The predicted molar refractivity (Wildman–Crippen MR) is 159 cm³/mol. The maximum Gasteiger partial charge on any atom is 0.338 e. The van der Waals surface area contributed by atoms with Crippen LogP contribution in [0.5, 0.6) is 0 Å². The van der Waals surface area contributed by atoms with Crippen LogP contribution in [0, 0.1) is 48.8 Å². The first-order valence-electron chi connectivity index (χ1n) is 15.9. The second-order valence-electron chi connectivity index (χ2n) is 14.3. The van der Waals surface area contributed by atoms with Gasteiger partial charge in [-0.05, 0) is 79.7 Å². The Kier molecular flexibility index (Phi) is 6.93. The van der Waals surface area contributed by atoms with Crippen molar-refractivity contribution in [2.75, 3.05) is 0 Å². The molecule has 1 aliphatic heterocycles. The van der Waals surface area contributed by atoms with Crippen molar-refractivity contribution in [1.29, 1.82) is 0 Å². The number of rotatable bonds is 6. The van der Waals surface area contributed by atoms with Gasteiger partial charge in [-0.15, -0.1) is 0 Å². The zero-order valence-corrected chi connectivity index (χ0v) is 25.8. The van der Waals surface area contributed by atoms with E-state index in [0.29, 0.717) is 18.8 Å². The van der Waals surface area contributed by atoms with Gasteiger partial charge in [-0.3, -0.25) is 25.0 Å². The van der Waals surface area contributed by atoms with Gasteiger partial charge in [-0.1, -0.05) is 13.8 Å². The highest BCUT2D eigenvalue weighted by Gasteiger charge is 2.84. The fourth-order valence-electron chi connectivity index (χ4n) is 10.3. The number of ether oxygens (including phenoxy) is 3. The van der Waals surface area contributed by atoms with Gasteiger partial charge in [0.05, 0.1) is 27.7 Å². The molecule has 5 fully saturated rings. The summed E-state index contributed by atoms with van der Waals surface area (Å²) in [5, 5.41) is 22.6. The number of nitro groups is 2. The number of hydrogen-bond donors (Lipinski definition) is 0. The Morgan fingerprint density at radius 1 is 0.935 bits per heavy atom. The molecule has 0 N–H and O–H groups in total. The molecule has 2 unspecified atom stereocenters. The molecule has 13 nitrogen and oxygen atoms in total. The molecule has 10 atom stereocenters. The molecule has 7 rings (SSSR count). The van der Waals surface area contributed by atoms with E-state index in [9.17, 15) is 34.6 Å². The first-order valence-corrected chi connectivity index (χ1v) is 15.9. The topological polar surface area (TPSA) is 182 Å². The average Bonchev–Trinajstić information content (AvgIpc) is 3.71. The fourth-order valence-corrected chi connectivity index (χ4v) is 10.3. The van der Waals surface area contributed by atoms with Crippen LogP contribution in [-0.2, 0) is 19.0 Å². The molecule has 5 aliphatic rings. The SMILES string of the molecule is CC(=O)O[C@H]1[C@H]2OC23C2CC[C@@H]4C[C@@H](OC(=O)c5cc([N+](=O)[O-])cc([N+](=O)[O-])c5)CC[C@]4(C)[C@H]2CC[C@]3(C)[C@H]1c1ccc(=O)oc1. The van der Waals surface area contributed by atoms with Crippen molar-refractivity contribution < 1.29 is 38.1 Å². The second-order valence-corrected chi connectivity index (χ2v) is 14.3. The molecule has 46 heavy (non-hydrogen) atoms.